The first-order valence-electron chi connectivity index (χ1n) is 5.17. The lowest BCUT2D eigenvalue weighted by atomic mass is 10.0. The van der Waals surface area contributed by atoms with E-state index in [1.54, 1.807) is 0 Å². The largest absolute Gasteiger partial charge is 0.369 e. The van der Waals surface area contributed by atoms with E-state index in [1.165, 1.54) is 5.56 Å². The molecule has 1 heterocycles. The number of aryl methyl sites for hydroxylation is 1. The van der Waals surface area contributed by atoms with Crippen LogP contribution in [0.2, 0.25) is 0 Å². The Kier molecular flexibility index (Phi) is 2.18. The molecule has 1 aliphatic heterocycles. The van der Waals surface area contributed by atoms with Crippen LogP contribution in [0, 0.1) is 6.92 Å². The summed E-state index contributed by atoms with van der Waals surface area (Å²) in [6.07, 6.45) is 0. The predicted molar refractivity (Wildman–Crippen MR) is 64.2 cm³/mol. The number of nitrogens with zero attached hydrogens (tertiary/aromatic N) is 2. The van der Waals surface area contributed by atoms with Gasteiger partial charge in [-0.2, -0.15) is 0 Å². The predicted octanol–water partition coefficient (Wildman–Crippen LogP) is 1.91. The van der Waals surface area contributed by atoms with Crippen molar-refractivity contribution in [2.75, 3.05) is 11.4 Å². The summed E-state index contributed by atoms with van der Waals surface area (Å²) in [6, 6.07) is 8.36. The SMILES string of the molecule is Cc1ccc(N2C(N)=NCC2(C)C)cc1. The molecule has 0 bridgehead atoms. The van der Waals surface area contributed by atoms with Crippen LogP contribution in [-0.2, 0) is 0 Å². The minimum absolute atomic E-state index is 0.0145. The molecule has 0 radical (unpaired) electrons. The summed E-state index contributed by atoms with van der Waals surface area (Å²) in [5.41, 5.74) is 8.26. The van der Waals surface area contributed by atoms with Crippen molar-refractivity contribution in [1.82, 2.24) is 0 Å². The van der Waals surface area contributed by atoms with Crippen molar-refractivity contribution in [2.24, 2.45) is 10.7 Å². The smallest absolute Gasteiger partial charge is 0.196 e. The van der Waals surface area contributed by atoms with Gasteiger partial charge >= 0.3 is 0 Å². The van der Waals surface area contributed by atoms with Crippen molar-refractivity contribution in [2.45, 2.75) is 26.3 Å². The van der Waals surface area contributed by atoms with Crippen LogP contribution >= 0.6 is 0 Å². The van der Waals surface area contributed by atoms with Gasteiger partial charge in [0.15, 0.2) is 5.96 Å². The molecule has 0 unspecified atom stereocenters. The van der Waals surface area contributed by atoms with Crippen LogP contribution in [0.3, 0.4) is 0 Å². The molecule has 0 spiro atoms. The van der Waals surface area contributed by atoms with Gasteiger partial charge in [0.25, 0.3) is 0 Å². The van der Waals surface area contributed by atoms with Gasteiger partial charge in [0, 0.05) is 5.69 Å². The molecular weight excluding hydrogens is 186 g/mol. The number of nitrogens with two attached hydrogens (primary N) is 1. The average molecular weight is 203 g/mol. The van der Waals surface area contributed by atoms with E-state index in [2.05, 4.69) is 54.9 Å². The van der Waals surface area contributed by atoms with Crippen LogP contribution in [0.25, 0.3) is 0 Å². The van der Waals surface area contributed by atoms with Crippen LogP contribution < -0.4 is 10.6 Å². The second kappa shape index (κ2) is 3.26. The quantitative estimate of drug-likeness (QED) is 0.757. The molecule has 0 aromatic heterocycles. The van der Waals surface area contributed by atoms with Gasteiger partial charge in [-0.05, 0) is 32.9 Å². The summed E-state index contributed by atoms with van der Waals surface area (Å²) >= 11 is 0. The summed E-state index contributed by atoms with van der Waals surface area (Å²) in [6.45, 7) is 7.13. The normalized spacial score (nSPS) is 19.1. The van der Waals surface area contributed by atoms with Crippen molar-refractivity contribution in [3.05, 3.63) is 29.8 Å². The third kappa shape index (κ3) is 1.69. The molecule has 2 N–H and O–H groups in total. The van der Waals surface area contributed by atoms with E-state index in [4.69, 9.17) is 5.73 Å². The lowest BCUT2D eigenvalue weighted by Crippen LogP contribution is -2.47. The standard InChI is InChI=1S/C12H17N3/c1-9-4-6-10(7-5-9)15-11(13)14-8-12(15,2)3/h4-7H,8H2,1-3H3,(H2,13,14). The number of rotatable bonds is 1. The Morgan fingerprint density at radius 3 is 2.33 bits per heavy atom. The van der Waals surface area contributed by atoms with Gasteiger partial charge < -0.3 is 10.6 Å². The van der Waals surface area contributed by atoms with Crippen molar-refractivity contribution >= 4 is 11.6 Å². The zero-order valence-electron chi connectivity index (χ0n) is 9.49. The molecule has 0 aliphatic carbocycles. The third-order valence-electron chi connectivity index (χ3n) is 2.75. The fraction of sp³-hybridized carbons (Fsp3) is 0.417. The highest BCUT2D eigenvalue weighted by Crippen LogP contribution is 2.28. The lowest BCUT2D eigenvalue weighted by Gasteiger charge is -2.32. The van der Waals surface area contributed by atoms with Crippen LogP contribution in [0.4, 0.5) is 5.69 Å². The van der Waals surface area contributed by atoms with E-state index in [0.29, 0.717) is 5.96 Å². The maximum Gasteiger partial charge on any atom is 0.196 e. The zero-order chi connectivity index (χ0) is 11.1. The number of benzene rings is 1. The molecule has 3 heteroatoms. The van der Waals surface area contributed by atoms with E-state index in [1.807, 2.05) is 0 Å². The molecular formula is C12H17N3. The van der Waals surface area contributed by atoms with Crippen LogP contribution in [-0.4, -0.2) is 18.0 Å². The van der Waals surface area contributed by atoms with Crippen molar-refractivity contribution in [3.8, 4) is 0 Å². The highest BCUT2D eigenvalue weighted by molar-refractivity contribution is 5.98. The Labute approximate surface area is 90.6 Å². The van der Waals surface area contributed by atoms with Crippen molar-refractivity contribution in [3.63, 3.8) is 0 Å². The van der Waals surface area contributed by atoms with E-state index < -0.39 is 0 Å². The van der Waals surface area contributed by atoms with E-state index in [-0.39, 0.29) is 5.54 Å². The number of anilines is 1. The second-order valence-electron chi connectivity index (χ2n) is 4.66. The highest BCUT2D eigenvalue weighted by Gasteiger charge is 2.34. The molecule has 15 heavy (non-hydrogen) atoms. The first-order chi connectivity index (χ1) is 7.00. The van der Waals surface area contributed by atoms with Crippen LogP contribution in [0.15, 0.2) is 29.3 Å². The topological polar surface area (TPSA) is 41.6 Å². The Bertz CT molecular complexity index is 390. The van der Waals surface area contributed by atoms with Crippen molar-refractivity contribution < 1.29 is 0 Å². The molecule has 0 saturated heterocycles. The van der Waals surface area contributed by atoms with E-state index in [0.717, 1.165) is 12.2 Å². The van der Waals surface area contributed by atoms with Gasteiger partial charge in [-0.1, -0.05) is 17.7 Å². The fourth-order valence-corrected chi connectivity index (χ4v) is 1.90. The molecule has 1 aromatic rings. The molecule has 1 aliphatic rings. The first kappa shape index (κ1) is 10.0. The Morgan fingerprint density at radius 1 is 1.27 bits per heavy atom. The second-order valence-corrected chi connectivity index (χ2v) is 4.66. The Morgan fingerprint density at radius 2 is 1.87 bits per heavy atom. The molecule has 0 atom stereocenters. The van der Waals surface area contributed by atoms with Crippen LogP contribution in [0.5, 0.6) is 0 Å². The summed E-state index contributed by atoms with van der Waals surface area (Å²) in [5.74, 6) is 0.615. The number of guanidine groups is 1. The summed E-state index contributed by atoms with van der Waals surface area (Å²) in [7, 11) is 0. The van der Waals surface area contributed by atoms with Gasteiger partial charge in [0.05, 0.1) is 12.1 Å². The first-order valence-corrected chi connectivity index (χ1v) is 5.17. The number of aliphatic imine (C=N–C) groups is 1. The average Bonchev–Trinajstić information content (AvgIpc) is 2.43. The molecule has 1 aromatic carbocycles. The Balaban J connectivity index is 2.37. The highest BCUT2D eigenvalue weighted by atomic mass is 15.3. The van der Waals surface area contributed by atoms with Crippen LogP contribution in [0.1, 0.15) is 19.4 Å². The minimum atomic E-state index is -0.0145. The third-order valence-corrected chi connectivity index (χ3v) is 2.75. The van der Waals surface area contributed by atoms with Gasteiger partial charge in [0.2, 0.25) is 0 Å². The van der Waals surface area contributed by atoms with Gasteiger partial charge in [-0.3, -0.25) is 4.99 Å². The number of hydrogen-bond donors (Lipinski definition) is 1. The molecule has 0 fully saturated rings. The fourth-order valence-electron chi connectivity index (χ4n) is 1.90. The monoisotopic (exact) mass is 203 g/mol. The molecule has 0 amide bonds. The maximum atomic E-state index is 5.90. The van der Waals surface area contributed by atoms with E-state index in [9.17, 15) is 0 Å². The number of hydrogen-bond acceptors (Lipinski definition) is 3. The van der Waals surface area contributed by atoms with Gasteiger partial charge in [-0.15, -0.1) is 0 Å². The van der Waals surface area contributed by atoms with Gasteiger partial charge in [0.1, 0.15) is 0 Å². The molecule has 0 saturated carbocycles. The molecule has 80 valence electrons. The Hall–Kier alpha value is -1.51. The molecule has 3 nitrogen and oxygen atoms in total. The maximum absolute atomic E-state index is 5.90. The summed E-state index contributed by atoms with van der Waals surface area (Å²) in [5, 5.41) is 0. The minimum Gasteiger partial charge on any atom is -0.369 e. The van der Waals surface area contributed by atoms with E-state index >= 15 is 0 Å². The van der Waals surface area contributed by atoms with Crippen molar-refractivity contribution in [1.29, 1.82) is 0 Å². The summed E-state index contributed by atoms with van der Waals surface area (Å²) in [4.78, 5) is 6.38. The summed E-state index contributed by atoms with van der Waals surface area (Å²) < 4.78 is 0. The van der Waals surface area contributed by atoms with Gasteiger partial charge in [-0.25, -0.2) is 0 Å². The zero-order valence-corrected chi connectivity index (χ0v) is 9.49. The molecule has 2 rings (SSSR count). The lowest BCUT2D eigenvalue weighted by molar-refractivity contribution is 0.557.